The van der Waals surface area contributed by atoms with Crippen LogP contribution < -0.4 is 5.32 Å². The quantitative estimate of drug-likeness (QED) is 0.850. The molecule has 1 heterocycles. The number of aliphatic hydroxyl groups excluding tert-OH is 1. The minimum Gasteiger partial charge on any atom is -0.394 e. The van der Waals surface area contributed by atoms with E-state index in [2.05, 4.69) is 15.3 Å². The molecule has 0 spiro atoms. The van der Waals surface area contributed by atoms with Crippen LogP contribution in [0.25, 0.3) is 0 Å². The molecule has 92 valence electrons. The zero-order valence-corrected chi connectivity index (χ0v) is 10.1. The normalized spacial score (nSPS) is 18.0. The average molecular weight is 256 g/mol. The van der Waals surface area contributed by atoms with Gasteiger partial charge < -0.3 is 10.4 Å². The first-order chi connectivity index (χ1) is 8.15. The van der Waals surface area contributed by atoms with E-state index in [0.717, 1.165) is 25.7 Å². The van der Waals surface area contributed by atoms with E-state index in [4.69, 9.17) is 11.6 Å². The summed E-state index contributed by atoms with van der Waals surface area (Å²) >= 11 is 5.67. The topological polar surface area (TPSA) is 75.1 Å². The van der Waals surface area contributed by atoms with Gasteiger partial charge in [-0.2, -0.15) is 0 Å². The first-order valence-electron chi connectivity index (χ1n) is 5.56. The molecule has 0 atom stereocenters. The van der Waals surface area contributed by atoms with Gasteiger partial charge in [0.25, 0.3) is 5.91 Å². The monoisotopic (exact) mass is 255 g/mol. The van der Waals surface area contributed by atoms with Crippen LogP contribution in [-0.2, 0) is 0 Å². The van der Waals surface area contributed by atoms with Crippen molar-refractivity contribution in [2.24, 2.45) is 0 Å². The van der Waals surface area contributed by atoms with Gasteiger partial charge in [-0.25, -0.2) is 4.98 Å². The number of rotatable bonds is 3. The van der Waals surface area contributed by atoms with E-state index in [9.17, 15) is 9.90 Å². The molecule has 0 radical (unpaired) electrons. The first kappa shape index (κ1) is 12.3. The number of nitrogens with one attached hydrogen (secondary N) is 1. The SMILES string of the molecule is O=C(NC1(CO)CCCC1)c1cncc(Cl)n1. The standard InChI is InChI=1S/C11H14ClN3O2/c12-9-6-13-5-8(14-9)10(17)15-11(7-16)3-1-2-4-11/h5-6,16H,1-4,7H2,(H,15,17). The second-order valence-corrected chi connectivity index (χ2v) is 4.71. The summed E-state index contributed by atoms with van der Waals surface area (Å²) in [5, 5.41) is 12.4. The van der Waals surface area contributed by atoms with Crippen LogP contribution in [0.5, 0.6) is 0 Å². The average Bonchev–Trinajstić information content (AvgIpc) is 2.78. The highest BCUT2D eigenvalue weighted by molar-refractivity contribution is 6.29. The Kier molecular flexibility index (Phi) is 3.59. The van der Waals surface area contributed by atoms with Gasteiger partial charge >= 0.3 is 0 Å². The predicted molar refractivity (Wildman–Crippen MR) is 62.8 cm³/mol. The number of aliphatic hydroxyl groups is 1. The summed E-state index contributed by atoms with van der Waals surface area (Å²) in [6.45, 7) is -0.0489. The van der Waals surface area contributed by atoms with Gasteiger partial charge in [0.15, 0.2) is 0 Å². The predicted octanol–water partition coefficient (Wildman–Crippen LogP) is 1.16. The molecule has 1 amide bonds. The summed E-state index contributed by atoms with van der Waals surface area (Å²) in [6, 6.07) is 0. The third-order valence-corrected chi connectivity index (χ3v) is 3.26. The fourth-order valence-electron chi connectivity index (χ4n) is 2.13. The highest BCUT2D eigenvalue weighted by Crippen LogP contribution is 2.29. The molecule has 2 rings (SSSR count). The highest BCUT2D eigenvalue weighted by atomic mass is 35.5. The molecule has 1 aliphatic rings. The number of carbonyl (C=O) groups excluding carboxylic acids is 1. The Morgan fingerprint density at radius 1 is 1.47 bits per heavy atom. The van der Waals surface area contributed by atoms with Crippen molar-refractivity contribution in [3.05, 3.63) is 23.2 Å². The lowest BCUT2D eigenvalue weighted by Gasteiger charge is -2.27. The van der Waals surface area contributed by atoms with Gasteiger partial charge in [0.2, 0.25) is 0 Å². The molecular formula is C11H14ClN3O2. The Morgan fingerprint density at radius 3 is 2.76 bits per heavy atom. The molecule has 5 nitrogen and oxygen atoms in total. The largest absolute Gasteiger partial charge is 0.394 e. The van der Waals surface area contributed by atoms with Crippen molar-refractivity contribution in [3.8, 4) is 0 Å². The number of hydrogen-bond acceptors (Lipinski definition) is 4. The van der Waals surface area contributed by atoms with Crippen LogP contribution in [0.3, 0.4) is 0 Å². The Hall–Kier alpha value is -1.20. The summed E-state index contributed by atoms with van der Waals surface area (Å²) < 4.78 is 0. The minimum atomic E-state index is -0.499. The third kappa shape index (κ3) is 2.73. The number of carbonyl (C=O) groups is 1. The van der Waals surface area contributed by atoms with Crippen LogP contribution in [0, 0.1) is 0 Å². The van der Waals surface area contributed by atoms with Crippen LogP contribution >= 0.6 is 11.6 Å². The van der Waals surface area contributed by atoms with Gasteiger partial charge in [-0.15, -0.1) is 0 Å². The van der Waals surface area contributed by atoms with Crippen LogP contribution in [0.2, 0.25) is 5.15 Å². The number of halogens is 1. The fraction of sp³-hybridized carbons (Fsp3) is 0.545. The third-order valence-electron chi connectivity index (χ3n) is 3.08. The van der Waals surface area contributed by atoms with Gasteiger partial charge in [0, 0.05) is 0 Å². The molecule has 1 aliphatic carbocycles. The molecule has 6 heteroatoms. The molecule has 1 aromatic rings. The second-order valence-electron chi connectivity index (χ2n) is 4.33. The summed E-state index contributed by atoms with van der Waals surface area (Å²) in [6.07, 6.45) is 6.35. The molecule has 0 unspecified atom stereocenters. The minimum absolute atomic E-state index is 0.0489. The molecule has 0 aromatic carbocycles. The maximum absolute atomic E-state index is 11.9. The summed E-state index contributed by atoms with van der Waals surface area (Å²) in [5.74, 6) is -0.337. The molecule has 17 heavy (non-hydrogen) atoms. The summed E-state index contributed by atoms with van der Waals surface area (Å²) in [5.41, 5.74) is -0.321. The van der Waals surface area contributed by atoms with Crippen molar-refractivity contribution in [1.82, 2.24) is 15.3 Å². The van der Waals surface area contributed by atoms with Crippen molar-refractivity contribution in [3.63, 3.8) is 0 Å². The van der Waals surface area contributed by atoms with Crippen LogP contribution in [-0.4, -0.2) is 33.1 Å². The summed E-state index contributed by atoms with van der Waals surface area (Å²) in [7, 11) is 0. The lowest BCUT2D eigenvalue weighted by molar-refractivity contribution is 0.0833. The Morgan fingerprint density at radius 2 is 2.18 bits per heavy atom. The number of hydrogen-bond donors (Lipinski definition) is 2. The highest BCUT2D eigenvalue weighted by Gasteiger charge is 2.35. The molecule has 0 bridgehead atoms. The molecule has 1 fully saturated rings. The van der Waals surface area contributed by atoms with Crippen LogP contribution in [0.4, 0.5) is 0 Å². The zero-order valence-electron chi connectivity index (χ0n) is 9.32. The molecule has 0 saturated heterocycles. The molecular weight excluding hydrogens is 242 g/mol. The molecule has 0 aliphatic heterocycles. The lowest BCUT2D eigenvalue weighted by atomic mass is 9.99. The van der Waals surface area contributed by atoms with E-state index < -0.39 is 5.54 Å². The maximum atomic E-state index is 11.9. The van der Waals surface area contributed by atoms with E-state index in [0.29, 0.717) is 0 Å². The molecule has 1 saturated carbocycles. The van der Waals surface area contributed by atoms with Gasteiger partial charge in [-0.1, -0.05) is 24.4 Å². The van der Waals surface area contributed by atoms with Crippen molar-refractivity contribution in [2.75, 3.05) is 6.61 Å². The maximum Gasteiger partial charge on any atom is 0.272 e. The number of aromatic nitrogens is 2. The Bertz CT molecular complexity index is 419. The smallest absolute Gasteiger partial charge is 0.272 e. The van der Waals surface area contributed by atoms with E-state index in [1.54, 1.807) is 0 Å². The molecule has 2 N–H and O–H groups in total. The van der Waals surface area contributed by atoms with Crippen molar-refractivity contribution in [1.29, 1.82) is 0 Å². The van der Waals surface area contributed by atoms with Crippen molar-refractivity contribution >= 4 is 17.5 Å². The molecule has 1 aromatic heterocycles. The lowest BCUT2D eigenvalue weighted by Crippen LogP contribution is -2.49. The Labute approximate surface area is 104 Å². The van der Waals surface area contributed by atoms with Crippen LogP contribution in [0.15, 0.2) is 12.4 Å². The Balaban J connectivity index is 2.11. The van der Waals surface area contributed by atoms with Crippen LogP contribution in [0.1, 0.15) is 36.2 Å². The second kappa shape index (κ2) is 4.98. The van der Waals surface area contributed by atoms with Crippen molar-refractivity contribution < 1.29 is 9.90 Å². The summed E-state index contributed by atoms with van der Waals surface area (Å²) in [4.78, 5) is 19.6. The van der Waals surface area contributed by atoms with Gasteiger partial charge in [-0.3, -0.25) is 9.78 Å². The van der Waals surface area contributed by atoms with Gasteiger partial charge in [-0.05, 0) is 12.8 Å². The van der Waals surface area contributed by atoms with Crippen molar-refractivity contribution in [2.45, 2.75) is 31.2 Å². The number of nitrogens with zero attached hydrogens (tertiary/aromatic N) is 2. The van der Waals surface area contributed by atoms with E-state index in [1.165, 1.54) is 12.4 Å². The fourth-order valence-corrected chi connectivity index (χ4v) is 2.28. The van der Waals surface area contributed by atoms with E-state index in [-0.39, 0.29) is 23.4 Å². The first-order valence-corrected chi connectivity index (χ1v) is 5.94. The van der Waals surface area contributed by atoms with Gasteiger partial charge in [0.1, 0.15) is 10.8 Å². The van der Waals surface area contributed by atoms with E-state index in [1.807, 2.05) is 0 Å². The van der Waals surface area contributed by atoms with Gasteiger partial charge in [0.05, 0.1) is 24.5 Å². The number of amides is 1. The zero-order chi connectivity index (χ0) is 12.3. The van der Waals surface area contributed by atoms with E-state index >= 15 is 0 Å².